The van der Waals surface area contributed by atoms with Crippen molar-refractivity contribution in [2.75, 3.05) is 16.6 Å². The van der Waals surface area contributed by atoms with Crippen LogP contribution in [0, 0.1) is 5.92 Å². The van der Waals surface area contributed by atoms with Crippen molar-refractivity contribution in [3.63, 3.8) is 0 Å². The van der Waals surface area contributed by atoms with Gasteiger partial charge in [0, 0.05) is 6.54 Å². The Balaban J connectivity index is 2.25. The first kappa shape index (κ1) is 17.9. The van der Waals surface area contributed by atoms with E-state index in [2.05, 4.69) is 4.72 Å². The quantitative estimate of drug-likeness (QED) is 0.765. The predicted molar refractivity (Wildman–Crippen MR) is 87.0 cm³/mol. The number of amides is 1. The zero-order valence-electron chi connectivity index (χ0n) is 13.0. The monoisotopic (exact) mass is 360 g/mol. The number of hydrogen-bond acceptors (Lipinski definition) is 5. The van der Waals surface area contributed by atoms with Crippen LogP contribution >= 0.6 is 0 Å². The number of nitrogens with zero attached hydrogens (tertiary/aromatic N) is 1. The third kappa shape index (κ3) is 3.73. The van der Waals surface area contributed by atoms with Gasteiger partial charge in [0.05, 0.1) is 22.3 Å². The van der Waals surface area contributed by atoms with Gasteiger partial charge in [0.15, 0.2) is 0 Å². The van der Waals surface area contributed by atoms with Gasteiger partial charge in [-0.1, -0.05) is 20.3 Å². The Kier molecular flexibility index (Phi) is 5.12. The zero-order valence-corrected chi connectivity index (χ0v) is 14.7. The summed E-state index contributed by atoms with van der Waals surface area (Å²) in [5, 5.41) is 0. The van der Waals surface area contributed by atoms with E-state index in [1.165, 1.54) is 24.3 Å². The molecule has 0 spiro atoms. The minimum Gasteiger partial charge on any atom is -0.273 e. The number of anilines is 1. The second-order valence-corrected chi connectivity index (χ2v) is 9.16. The fourth-order valence-corrected chi connectivity index (χ4v) is 5.21. The smallest absolute Gasteiger partial charge is 0.244 e. The molecule has 1 saturated heterocycles. The van der Waals surface area contributed by atoms with Crippen LogP contribution in [-0.2, 0) is 24.8 Å². The van der Waals surface area contributed by atoms with Crippen molar-refractivity contribution in [2.45, 2.75) is 31.6 Å². The number of sulfonamides is 2. The highest BCUT2D eigenvalue weighted by Crippen LogP contribution is 2.28. The number of rotatable bonds is 6. The maximum Gasteiger partial charge on any atom is 0.244 e. The summed E-state index contributed by atoms with van der Waals surface area (Å²) < 4.78 is 51.4. The van der Waals surface area contributed by atoms with Crippen LogP contribution in [0.5, 0.6) is 0 Å². The van der Waals surface area contributed by atoms with E-state index >= 15 is 0 Å². The minimum atomic E-state index is -3.69. The molecular formula is C14H20N2O5S2. The SMILES string of the molecule is CCCCNS(=O)(=O)c1ccc(N2C(=O)[C@H](C)CS2(=O)=O)cc1. The lowest BCUT2D eigenvalue weighted by atomic mass is 10.2. The molecule has 0 saturated carbocycles. The summed E-state index contributed by atoms with van der Waals surface area (Å²) in [5.41, 5.74) is 0.159. The molecule has 128 valence electrons. The maximum absolute atomic E-state index is 12.1. The third-order valence-electron chi connectivity index (χ3n) is 3.56. The summed E-state index contributed by atoms with van der Waals surface area (Å²) >= 11 is 0. The number of benzene rings is 1. The summed E-state index contributed by atoms with van der Waals surface area (Å²) in [7, 11) is -7.31. The Hall–Kier alpha value is -1.45. The molecule has 0 unspecified atom stereocenters. The second-order valence-electron chi connectivity index (χ2n) is 5.53. The Morgan fingerprint density at radius 2 is 1.87 bits per heavy atom. The highest BCUT2D eigenvalue weighted by molar-refractivity contribution is 7.94. The molecule has 1 atom stereocenters. The van der Waals surface area contributed by atoms with Gasteiger partial charge >= 0.3 is 0 Å². The molecule has 1 N–H and O–H groups in total. The molecule has 0 radical (unpaired) electrons. The molecule has 1 aromatic rings. The average molecular weight is 360 g/mol. The Bertz CT molecular complexity index is 785. The van der Waals surface area contributed by atoms with Gasteiger partial charge in [0.25, 0.3) is 0 Å². The van der Waals surface area contributed by atoms with Crippen molar-refractivity contribution >= 4 is 31.6 Å². The molecule has 9 heteroatoms. The summed E-state index contributed by atoms with van der Waals surface area (Å²) in [6.45, 7) is 3.85. The van der Waals surface area contributed by atoms with Crippen molar-refractivity contribution in [1.82, 2.24) is 4.72 Å². The normalized spacial score (nSPS) is 20.9. The van der Waals surface area contributed by atoms with Crippen LogP contribution in [0.4, 0.5) is 5.69 Å². The van der Waals surface area contributed by atoms with Crippen LogP contribution in [-0.4, -0.2) is 35.0 Å². The molecule has 1 heterocycles. The Morgan fingerprint density at radius 3 is 2.35 bits per heavy atom. The molecular weight excluding hydrogens is 340 g/mol. The standard InChI is InChI=1S/C14H20N2O5S2/c1-3-4-9-15-23(20,21)13-7-5-12(6-8-13)16-14(17)11(2)10-22(16,18)19/h5-8,11,15H,3-4,9-10H2,1-2H3/t11-/m1/s1. The molecule has 0 bridgehead atoms. The van der Waals surface area contributed by atoms with Crippen molar-refractivity contribution < 1.29 is 21.6 Å². The summed E-state index contributed by atoms with van der Waals surface area (Å²) in [6, 6.07) is 5.27. The number of hydrogen-bond donors (Lipinski definition) is 1. The minimum absolute atomic E-state index is 0.0365. The van der Waals surface area contributed by atoms with E-state index < -0.39 is 31.9 Å². The molecule has 2 rings (SSSR count). The number of nitrogens with one attached hydrogen (secondary N) is 1. The molecule has 1 aliphatic rings. The highest BCUT2D eigenvalue weighted by atomic mass is 32.2. The van der Waals surface area contributed by atoms with Crippen LogP contribution in [0.15, 0.2) is 29.2 Å². The number of carbonyl (C=O) groups excluding carboxylic acids is 1. The molecule has 0 aliphatic carbocycles. The fraction of sp³-hybridized carbons (Fsp3) is 0.500. The van der Waals surface area contributed by atoms with Gasteiger partial charge in [-0.2, -0.15) is 0 Å². The van der Waals surface area contributed by atoms with E-state index in [0.717, 1.165) is 17.1 Å². The Labute approximate surface area is 136 Å². The van der Waals surface area contributed by atoms with E-state index in [1.807, 2.05) is 6.92 Å². The van der Waals surface area contributed by atoms with Crippen LogP contribution in [0.2, 0.25) is 0 Å². The summed E-state index contributed by atoms with van der Waals surface area (Å²) in [5.74, 6) is -1.33. The van der Waals surface area contributed by atoms with Crippen LogP contribution in [0.3, 0.4) is 0 Å². The first-order chi connectivity index (χ1) is 10.7. The third-order valence-corrected chi connectivity index (χ3v) is 6.91. The topological polar surface area (TPSA) is 101 Å². The fourth-order valence-electron chi connectivity index (χ4n) is 2.31. The van der Waals surface area contributed by atoms with Gasteiger partial charge in [-0.3, -0.25) is 4.79 Å². The first-order valence-corrected chi connectivity index (χ1v) is 10.4. The molecule has 0 aromatic heterocycles. The van der Waals surface area contributed by atoms with Crippen LogP contribution in [0.25, 0.3) is 0 Å². The van der Waals surface area contributed by atoms with Gasteiger partial charge in [-0.25, -0.2) is 25.9 Å². The van der Waals surface area contributed by atoms with Crippen molar-refractivity contribution in [1.29, 1.82) is 0 Å². The van der Waals surface area contributed by atoms with Gasteiger partial charge in [0.2, 0.25) is 26.0 Å². The predicted octanol–water partition coefficient (Wildman–Crippen LogP) is 1.08. The number of carbonyl (C=O) groups is 1. The van der Waals surface area contributed by atoms with Crippen LogP contribution < -0.4 is 9.03 Å². The molecule has 1 aromatic carbocycles. The molecule has 1 amide bonds. The van der Waals surface area contributed by atoms with Gasteiger partial charge < -0.3 is 0 Å². The van der Waals surface area contributed by atoms with E-state index in [0.29, 0.717) is 6.54 Å². The summed E-state index contributed by atoms with van der Waals surface area (Å²) in [4.78, 5) is 12.0. The van der Waals surface area contributed by atoms with Crippen molar-refractivity contribution in [3.05, 3.63) is 24.3 Å². The second kappa shape index (κ2) is 6.58. The largest absolute Gasteiger partial charge is 0.273 e. The first-order valence-electron chi connectivity index (χ1n) is 7.35. The lowest BCUT2D eigenvalue weighted by Gasteiger charge is -2.15. The van der Waals surface area contributed by atoms with E-state index in [9.17, 15) is 21.6 Å². The average Bonchev–Trinajstić information content (AvgIpc) is 2.67. The lowest BCUT2D eigenvalue weighted by molar-refractivity contribution is -0.119. The zero-order chi connectivity index (χ0) is 17.3. The van der Waals surface area contributed by atoms with Gasteiger partial charge in [-0.05, 0) is 30.7 Å². The van der Waals surface area contributed by atoms with Gasteiger partial charge in [0.1, 0.15) is 0 Å². The maximum atomic E-state index is 12.1. The van der Waals surface area contributed by atoms with E-state index in [-0.39, 0.29) is 16.3 Å². The Morgan fingerprint density at radius 1 is 1.26 bits per heavy atom. The highest BCUT2D eigenvalue weighted by Gasteiger charge is 2.41. The molecule has 1 fully saturated rings. The van der Waals surface area contributed by atoms with E-state index in [4.69, 9.17) is 0 Å². The van der Waals surface area contributed by atoms with E-state index in [1.54, 1.807) is 6.92 Å². The molecule has 7 nitrogen and oxygen atoms in total. The van der Waals surface area contributed by atoms with Crippen LogP contribution in [0.1, 0.15) is 26.7 Å². The molecule has 23 heavy (non-hydrogen) atoms. The van der Waals surface area contributed by atoms with Gasteiger partial charge in [-0.15, -0.1) is 0 Å². The lowest BCUT2D eigenvalue weighted by Crippen LogP contribution is -2.30. The van der Waals surface area contributed by atoms with Crippen molar-refractivity contribution in [3.8, 4) is 0 Å². The molecule has 1 aliphatic heterocycles. The number of unbranched alkanes of at least 4 members (excludes halogenated alkanes) is 1. The summed E-state index contributed by atoms with van der Waals surface area (Å²) in [6.07, 6.45) is 1.60. The van der Waals surface area contributed by atoms with Crippen molar-refractivity contribution in [2.24, 2.45) is 5.92 Å².